The Morgan fingerprint density at radius 2 is 1.75 bits per heavy atom. The molecule has 1 heterocycles. The summed E-state index contributed by atoms with van der Waals surface area (Å²) in [5.41, 5.74) is 10.1. The molecular weight excluding hydrogens is 368 g/mol. The number of aryl methyl sites for hydroxylation is 2. The number of carbonyl (C=O) groups is 1. The van der Waals surface area contributed by atoms with Gasteiger partial charge in [0.25, 0.3) is 5.91 Å². The van der Waals surface area contributed by atoms with Gasteiger partial charge in [-0.25, -0.2) is 0 Å². The predicted molar refractivity (Wildman–Crippen MR) is 100 cm³/mol. The molecule has 0 atom stereocenters. The van der Waals surface area contributed by atoms with Gasteiger partial charge in [-0.05, 0) is 61.4 Å². The second-order valence-electron chi connectivity index (χ2n) is 5.69. The zero-order valence-electron chi connectivity index (χ0n) is 13.4. The molecule has 2 aromatic carbocycles. The molecule has 5 heteroatoms. The van der Waals surface area contributed by atoms with Gasteiger partial charge in [0.05, 0.1) is 11.4 Å². The van der Waals surface area contributed by atoms with Gasteiger partial charge in [-0.1, -0.05) is 28.1 Å². The summed E-state index contributed by atoms with van der Waals surface area (Å²) in [6.07, 6.45) is 0. The van der Waals surface area contributed by atoms with Crippen molar-refractivity contribution in [3.05, 3.63) is 69.9 Å². The maximum atomic E-state index is 12.4. The fourth-order valence-electron chi connectivity index (χ4n) is 2.40. The third kappa shape index (κ3) is 3.36. The normalized spacial score (nSPS) is 10.6. The van der Waals surface area contributed by atoms with Crippen LogP contribution in [0.1, 0.15) is 21.7 Å². The number of halogens is 1. The molecule has 24 heavy (non-hydrogen) atoms. The van der Waals surface area contributed by atoms with Crippen LogP contribution in [0.3, 0.4) is 0 Å². The minimum absolute atomic E-state index is 0.234. The number of benzene rings is 2. The molecule has 4 nitrogen and oxygen atoms in total. The SMILES string of the molecule is Cc1ccc(NC(=O)c2ccc(-c3ccc(C)cc3Br)o2)c(N)c1. The summed E-state index contributed by atoms with van der Waals surface area (Å²) in [4.78, 5) is 12.4. The zero-order valence-corrected chi connectivity index (χ0v) is 15.0. The van der Waals surface area contributed by atoms with Crippen LogP contribution in [0.25, 0.3) is 11.3 Å². The molecule has 0 saturated heterocycles. The van der Waals surface area contributed by atoms with Gasteiger partial charge in [0.15, 0.2) is 5.76 Å². The quantitative estimate of drug-likeness (QED) is 0.612. The fraction of sp³-hybridized carbons (Fsp3) is 0.105. The Morgan fingerprint density at radius 3 is 2.46 bits per heavy atom. The van der Waals surface area contributed by atoms with E-state index < -0.39 is 0 Å². The topological polar surface area (TPSA) is 68.3 Å². The van der Waals surface area contributed by atoms with Crippen LogP contribution in [-0.4, -0.2) is 5.91 Å². The molecule has 0 spiro atoms. The van der Waals surface area contributed by atoms with Gasteiger partial charge in [-0.15, -0.1) is 0 Å². The Labute approximate surface area is 148 Å². The van der Waals surface area contributed by atoms with E-state index in [4.69, 9.17) is 10.2 Å². The number of anilines is 2. The molecule has 0 bridgehead atoms. The number of amides is 1. The van der Waals surface area contributed by atoms with E-state index in [0.717, 1.165) is 21.2 Å². The monoisotopic (exact) mass is 384 g/mol. The smallest absolute Gasteiger partial charge is 0.291 e. The summed E-state index contributed by atoms with van der Waals surface area (Å²) in [5, 5.41) is 2.77. The van der Waals surface area contributed by atoms with Gasteiger partial charge >= 0.3 is 0 Å². The number of furan rings is 1. The average Bonchev–Trinajstić information content (AvgIpc) is 3.00. The standard InChI is InChI=1S/C19H17BrN2O2/c1-11-3-5-13(14(20)9-11)17-7-8-18(24-17)19(23)22-16-6-4-12(2)10-15(16)21/h3-10H,21H2,1-2H3,(H,22,23). The molecule has 122 valence electrons. The first-order valence-corrected chi connectivity index (χ1v) is 8.27. The molecular formula is C19H17BrN2O2. The average molecular weight is 385 g/mol. The van der Waals surface area contributed by atoms with Crippen LogP contribution >= 0.6 is 15.9 Å². The van der Waals surface area contributed by atoms with Crippen molar-refractivity contribution in [1.29, 1.82) is 0 Å². The first-order valence-electron chi connectivity index (χ1n) is 7.48. The van der Waals surface area contributed by atoms with Crippen LogP contribution in [0, 0.1) is 13.8 Å². The third-order valence-electron chi connectivity index (χ3n) is 3.68. The zero-order chi connectivity index (χ0) is 17.3. The van der Waals surface area contributed by atoms with E-state index >= 15 is 0 Å². The Balaban J connectivity index is 1.83. The number of nitrogens with one attached hydrogen (secondary N) is 1. The lowest BCUT2D eigenvalue weighted by molar-refractivity contribution is 0.0997. The van der Waals surface area contributed by atoms with Crippen molar-refractivity contribution in [3.8, 4) is 11.3 Å². The predicted octanol–water partition coefficient (Wildman–Crippen LogP) is 5.16. The maximum Gasteiger partial charge on any atom is 0.291 e. The van der Waals surface area contributed by atoms with Crippen LogP contribution in [-0.2, 0) is 0 Å². The van der Waals surface area contributed by atoms with E-state index in [1.165, 1.54) is 0 Å². The molecule has 0 aliphatic heterocycles. The first kappa shape index (κ1) is 16.3. The van der Waals surface area contributed by atoms with Crippen LogP contribution < -0.4 is 11.1 Å². The highest BCUT2D eigenvalue weighted by molar-refractivity contribution is 9.10. The molecule has 1 aromatic heterocycles. The molecule has 0 unspecified atom stereocenters. The lowest BCUT2D eigenvalue weighted by atomic mass is 10.1. The van der Waals surface area contributed by atoms with Crippen molar-refractivity contribution in [2.75, 3.05) is 11.1 Å². The highest BCUT2D eigenvalue weighted by Gasteiger charge is 2.15. The number of nitrogens with two attached hydrogens (primary N) is 1. The van der Waals surface area contributed by atoms with Gasteiger partial charge in [0.1, 0.15) is 5.76 Å². The van der Waals surface area contributed by atoms with Crippen molar-refractivity contribution in [2.24, 2.45) is 0 Å². The van der Waals surface area contributed by atoms with Crippen LogP contribution in [0.15, 0.2) is 57.4 Å². The highest BCUT2D eigenvalue weighted by Crippen LogP contribution is 2.31. The van der Waals surface area contributed by atoms with E-state index in [1.54, 1.807) is 18.2 Å². The lowest BCUT2D eigenvalue weighted by Crippen LogP contribution is -2.12. The van der Waals surface area contributed by atoms with Gasteiger partial charge in [-0.3, -0.25) is 4.79 Å². The molecule has 3 rings (SSSR count). The summed E-state index contributed by atoms with van der Waals surface area (Å²) in [6.45, 7) is 3.96. The van der Waals surface area contributed by atoms with E-state index in [2.05, 4.69) is 21.2 Å². The number of hydrogen-bond donors (Lipinski definition) is 2. The third-order valence-corrected chi connectivity index (χ3v) is 4.33. The molecule has 0 radical (unpaired) electrons. The molecule has 1 amide bonds. The van der Waals surface area contributed by atoms with E-state index in [-0.39, 0.29) is 11.7 Å². The molecule has 3 aromatic rings. The van der Waals surface area contributed by atoms with Crippen LogP contribution in [0.5, 0.6) is 0 Å². The number of hydrogen-bond acceptors (Lipinski definition) is 3. The molecule has 0 saturated carbocycles. The first-order chi connectivity index (χ1) is 11.4. The highest BCUT2D eigenvalue weighted by atomic mass is 79.9. The molecule has 0 fully saturated rings. The van der Waals surface area contributed by atoms with E-state index in [9.17, 15) is 4.79 Å². The summed E-state index contributed by atoms with van der Waals surface area (Å²) in [7, 11) is 0. The lowest BCUT2D eigenvalue weighted by Gasteiger charge is -2.07. The van der Waals surface area contributed by atoms with Crippen molar-refractivity contribution in [2.45, 2.75) is 13.8 Å². The molecule has 0 aliphatic carbocycles. The Bertz CT molecular complexity index is 915. The second-order valence-corrected chi connectivity index (χ2v) is 6.55. The Hall–Kier alpha value is -2.53. The van der Waals surface area contributed by atoms with Crippen LogP contribution in [0.4, 0.5) is 11.4 Å². The number of nitrogen functional groups attached to an aromatic ring is 1. The fourth-order valence-corrected chi connectivity index (χ4v) is 3.09. The summed E-state index contributed by atoms with van der Waals surface area (Å²) in [5.74, 6) is 0.529. The van der Waals surface area contributed by atoms with Gasteiger partial charge in [0.2, 0.25) is 0 Å². The summed E-state index contributed by atoms with van der Waals surface area (Å²) < 4.78 is 6.63. The largest absolute Gasteiger partial charge is 0.451 e. The van der Waals surface area contributed by atoms with Crippen molar-refractivity contribution in [1.82, 2.24) is 0 Å². The molecule has 0 aliphatic rings. The second kappa shape index (κ2) is 6.53. The number of rotatable bonds is 3. The van der Waals surface area contributed by atoms with Crippen molar-refractivity contribution < 1.29 is 9.21 Å². The summed E-state index contributed by atoms with van der Waals surface area (Å²) in [6, 6.07) is 14.9. The minimum Gasteiger partial charge on any atom is -0.451 e. The van der Waals surface area contributed by atoms with Gasteiger partial charge < -0.3 is 15.5 Å². The van der Waals surface area contributed by atoms with Crippen molar-refractivity contribution >= 4 is 33.2 Å². The maximum absolute atomic E-state index is 12.4. The molecule has 3 N–H and O–H groups in total. The van der Waals surface area contributed by atoms with E-state index in [1.807, 2.05) is 44.2 Å². The Morgan fingerprint density at radius 1 is 1.04 bits per heavy atom. The van der Waals surface area contributed by atoms with Gasteiger partial charge in [-0.2, -0.15) is 0 Å². The number of carbonyl (C=O) groups excluding carboxylic acids is 1. The minimum atomic E-state index is -0.333. The van der Waals surface area contributed by atoms with Gasteiger partial charge in [0, 0.05) is 10.0 Å². The summed E-state index contributed by atoms with van der Waals surface area (Å²) >= 11 is 3.52. The Kier molecular flexibility index (Phi) is 4.44. The van der Waals surface area contributed by atoms with E-state index in [0.29, 0.717) is 17.1 Å². The van der Waals surface area contributed by atoms with Crippen LogP contribution in [0.2, 0.25) is 0 Å². The van der Waals surface area contributed by atoms with Crippen molar-refractivity contribution in [3.63, 3.8) is 0 Å².